The second-order valence-electron chi connectivity index (χ2n) is 7.49. The molecule has 3 aromatic carbocycles. The highest BCUT2D eigenvalue weighted by molar-refractivity contribution is 7.22. The monoisotopic (exact) mass is 519 g/mol. The second-order valence-corrected chi connectivity index (χ2v) is 8.54. The van der Waals surface area contributed by atoms with Crippen LogP contribution in [0.15, 0.2) is 66.7 Å². The second kappa shape index (κ2) is 11.1. The van der Waals surface area contributed by atoms with Crippen molar-refractivity contribution in [1.82, 2.24) is 4.90 Å². The van der Waals surface area contributed by atoms with E-state index in [0.717, 1.165) is 0 Å². The molecule has 5 rings (SSSR count). The molecule has 4 aromatic rings. The first kappa shape index (κ1) is 15.1. The molecule has 2 heterocycles. The topological polar surface area (TPSA) is 70.0 Å². The maximum Gasteiger partial charge on any atom is 0.195 e. The number of ether oxygens (including phenoxy) is 1. The van der Waals surface area contributed by atoms with Crippen LogP contribution in [0.1, 0.15) is 48.7 Å². The van der Waals surface area contributed by atoms with Crippen LogP contribution in [0.5, 0.6) is 17.2 Å². The molecule has 0 radical (unpaired) electrons. The summed E-state index contributed by atoms with van der Waals surface area (Å²) >= 11 is 1.32. The molecule has 0 bridgehead atoms. The maximum absolute atomic E-state index is 13.8. The lowest BCUT2D eigenvalue weighted by Gasteiger charge is -2.26. The zero-order valence-corrected chi connectivity index (χ0v) is 19.9. The van der Waals surface area contributed by atoms with Gasteiger partial charge in [-0.15, -0.1) is 23.7 Å². The average Bonchev–Trinajstić information content (AvgIpc) is 3.33. The van der Waals surface area contributed by atoms with Crippen molar-refractivity contribution in [3.63, 3.8) is 0 Å². The first-order valence-corrected chi connectivity index (χ1v) is 11.3. The van der Waals surface area contributed by atoms with Gasteiger partial charge in [0, 0.05) is 46.3 Å². The van der Waals surface area contributed by atoms with Gasteiger partial charge in [-0.3, -0.25) is 9.69 Å². The van der Waals surface area contributed by atoms with Crippen molar-refractivity contribution in [1.29, 1.82) is 0 Å². The van der Waals surface area contributed by atoms with Crippen LogP contribution in [-0.4, -0.2) is 47.0 Å². The molecule has 1 fully saturated rings. The quantitative estimate of drug-likeness (QED) is 0.273. The number of phenolic OH excluding ortho intramolecular Hbond substituents is 2. The largest absolute Gasteiger partial charge is 0.508 e. The normalized spacial score (nSPS) is 25.4. The Morgan fingerprint density at radius 1 is 0.943 bits per heavy atom. The predicted octanol–water partition coefficient (Wildman–Crippen LogP) is 6.50. The number of ketones is 1. The third-order valence-electron chi connectivity index (χ3n) is 5.24. The van der Waals surface area contributed by atoms with Gasteiger partial charge < -0.3 is 14.9 Å². The predicted molar refractivity (Wildman–Crippen MR) is 143 cm³/mol. The van der Waals surface area contributed by atoms with E-state index in [1.165, 1.54) is 53.8 Å². The Morgan fingerprint density at radius 3 is 2.34 bits per heavy atom. The summed E-state index contributed by atoms with van der Waals surface area (Å²) in [6.45, 7) is -7.45. The molecule has 2 N–H and O–H groups in total. The number of benzene rings is 3. The van der Waals surface area contributed by atoms with Gasteiger partial charge in [-0.05, 0) is 98.0 Å². The summed E-state index contributed by atoms with van der Waals surface area (Å²) in [6.07, 6.45) is -10.3. The van der Waals surface area contributed by atoms with E-state index in [0.29, 0.717) is 36.6 Å². The van der Waals surface area contributed by atoms with E-state index in [2.05, 4.69) is 0 Å². The zero-order chi connectivity index (χ0) is 32.5. The number of nitrogens with zero attached hydrogens (tertiary/aromatic N) is 1. The zero-order valence-electron chi connectivity index (χ0n) is 28.2. The molecule has 1 saturated heterocycles. The summed E-state index contributed by atoms with van der Waals surface area (Å²) in [5.74, 6) is 0.0277. The van der Waals surface area contributed by atoms with Crippen LogP contribution < -0.4 is 4.74 Å². The number of piperidine rings is 1. The summed E-state index contributed by atoms with van der Waals surface area (Å²) < 4.78 is 87.1. The van der Waals surface area contributed by atoms with Gasteiger partial charge >= 0.3 is 0 Å². The molecule has 182 valence electrons. The average molecular weight is 520 g/mol. The van der Waals surface area contributed by atoms with Crippen molar-refractivity contribution in [2.45, 2.75) is 19.1 Å². The standard InChI is InChI=1S/C28H27NO4S.ClH/c30-21-8-4-20(5-9-21)28-26(24-13-10-22(31)18-25(24)34-28)27(32)19-6-11-23(12-7-19)33-17-16-29-14-2-1-3-15-29;/h4-13,18,30-31H,1-3,14-17H2;1H/i1D2,2D2,3D2,14D2,15D2;. The highest BCUT2D eigenvalue weighted by Crippen LogP contribution is 2.41. The molecule has 0 amide bonds. The lowest BCUT2D eigenvalue weighted by atomic mass is 9.97. The van der Waals surface area contributed by atoms with Gasteiger partial charge in [0.1, 0.15) is 23.9 Å². The van der Waals surface area contributed by atoms with E-state index in [1.54, 1.807) is 24.3 Å². The fraction of sp³-hybridized carbons (Fsp3) is 0.250. The Kier molecular flexibility index (Phi) is 4.81. The van der Waals surface area contributed by atoms with Crippen molar-refractivity contribution >= 4 is 39.6 Å². The number of carbonyl (C=O) groups is 1. The number of carbonyl (C=O) groups excluding carboxylic acids is 1. The Labute approximate surface area is 229 Å². The third-order valence-corrected chi connectivity index (χ3v) is 6.44. The van der Waals surface area contributed by atoms with E-state index in [4.69, 9.17) is 18.4 Å². The van der Waals surface area contributed by atoms with Gasteiger partial charge in [0.15, 0.2) is 5.78 Å². The Morgan fingerprint density at radius 2 is 1.63 bits per heavy atom. The lowest BCUT2D eigenvalue weighted by molar-refractivity contribution is 0.104. The van der Waals surface area contributed by atoms with Gasteiger partial charge in [-0.25, -0.2) is 0 Å². The lowest BCUT2D eigenvalue weighted by Crippen LogP contribution is -2.33. The van der Waals surface area contributed by atoms with Crippen molar-refractivity contribution in [2.75, 3.05) is 26.1 Å². The van der Waals surface area contributed by atoms with E-state index in [1.807, 2.05) is 0 Å². The Hall–Kier alpha value is -3.06. The van der Waals surface area contributed by atoms with Crippen molar-refractivity contribution in [3.8, 4) is 27.7 Å². The smallest absolute Gasteiger partial charge is 0.195 e. The van der Waals surface area contributed by atoms with Gasteiger partial charge in [0.05, 0.1) is 0 Å². The number of fused-ring (bicyclic) bond motifs is 1. The Balaban J connectivity index is 0.00000461. The molecule has 5 nitrogen and oxygen atoms in total. The highest BCUT2D eigenvalue weighted by atomic mass is 35.5. The van der Waals surface area contributed by atoms with Crippen LogP contribution in [0.2, 0.25) is 0 Å². The van der Waals surface area contributed by atoms with Gasteiger partial charge in [0.25, 0.3) is 0 Å². The van der Waals surface area contributed by atoms with Crippen LogP contribution in [0.3, 0.4) is 0 Å². The fourth-order valence-corrected chi connectivity index (χ4v) is 4.83. The van der Waals surface area contributed by atoms with Gasteiger partial charge in [-0.2, -0.15) is 0 Å². The number of halogens is 1. The van der Waals surface area contributed by atoms with E-state index in [9.17, 15) is 15.0 Å². The minimum Gasteiger partial charge on any atom is -0.508 e. The molecular formula is C28H28ClNO4S. The third kappa shape index (κ3) is 5.61. The van der Waals surface area contributed by atoms with E-state index in [-0.39, 0.29) is 35.4 Å². The summed E-state index contributed by atoms with van der Waals surface area (Å²) in [4.78, 5) is 14.7. The summed E-state index contributed by atoms with van der Waals surface area (Å²) in [6, 6.07) is 17.1. The number of likely N-dealkylation sites (tertiary alicyclic amines) is 1. The molecule has 1 aliphatic heterocycles. The molecule has 0 spiro atoms. The van der Waals surface area contributed by atoms with E-state index < -0.39 is 45.3 Å². The maximum atomic E-state index is 13.8. The summed E-state index contributed by atoms with van der Waals surface area (Å²) in [5, 5.41) is 20.3. The Bertz CT molecular complexity index is 1700. The van der Waals surface area contributed by atoms with Crippen LogP contribution >= 0.6 is 23.7 Å². The number of rotatable bonds is 7. The molecule has 0 unspecified atom stereocenters. The first-order valence-electron chi connectivity index (χ1n) is 15.4. The molecular weight excluding hydrogens is 482 g/mol. The summed E-state index contributed by atoms with van der Waals surface area (Å²) in [7, 11) is 0. The van der Waals surface area contributed by atoms with Crippen molar-refractivity contribution in [2.24, 2.45) is 0 Å². The molecule has 1 aromatic heterocycles. The molecule has 7 heteroatoms. The number of hydrogen-bond donors (Lipinski definition) is 2. The SMILES string of the molecule is Cl.[2H]C1([2H])N(CCOc2ccc(C(=O)c3c(-c4ccc(O)cc4)sc4cc(O)ccc34)cc2)C([2H])([2H])C([2H])([2H])C([2H])([2H])C1([2H])[2H]. The fourth-order valence-electron chi connectivity index (χ4n) is 3.59. The van der Waals surface area contributed by atoms with Crippen LogP contribution in [0.4, 0.5) is 0 Å². The minimum absolute atomic E-state index is 0. The van der Waals surface area contributed by atoms with Crippen molar-refractivity contribution in [3.05, 3.63) is 77.9 Å². The van der Waals surface area contributed by atoms with Crippen LogP contribution in [0, 0.1) is 0 Å². The molecule has 0 saturated carbocycles. The molecule has 0 aliphatic carbocycles. The number of thiophene rings is 1. The van der Waals surface area contributed by atoms with Crippen molar-refractivity contribution < 1.29 is 33.5 Å². The first-order chi connectivity index (χ1) is 20.3. The van der Waals surface area contributed by atoms with E-state index >= 15 is 0 Å². The highest BCUT2D eigenvalue weighted by Gasteiger charge is 2.22. The minimum atomic E-state index is -3.48. The van der Waals surface area contributed by atoms with Gasteiger partial charge in [0.2, 0.25) is 0 Å². The molecule has 35 heavy (non-hydrogen) atoms. The van der Waals surface area contributed by atoms with Crippen LogP contribution in [-0.2, 0) is 0 Å². The van der Waals surface area contributed by atoms with Gasteiger partial charge in [-0.1, -0.05) is 6.37 Å². The summed E-state index contributed by atoms with van der Waals surface area (Å²) in [5.41, 5.74) is 1.41. The molecule has 0 atom stereocenters. The van der Waals surface area contributed by atoms with Crippen LogP contribution in [0.25, 0.3) is 20.5 Å². The number of aromatic hydroxyl groups is 2. The number of hydrogen-bond acceptors (Lipinski definition) is 6. The number of phenols is 2. The molecule has 1 aliphatic rings.